The number of thioether (sulfide) groups is 2. The van der Waals surface area contributed by atoms with Crippen molar-refractivity contribution in [2.75, 3.05) is 29.5 Å². The number of aryl methyl sites for hydroxylation is 1. The van der Waals surface area contributed by atoms with Crippen molar-refractivity contribution in [1.29, 1.82) is 0 Å². The van der Waals surface area contributed by atoms with E-state index in [4.69, 9.17) is 5.73 Å². The number of anilines is 1. The Labute approximate surface area is 124 Å². The second-order valence-electron chi connectivity index (χ2n) is 4.90. The Kier molecular flexibility index (Phi) is 5.85. The zero-order chi connectivity index (χ0) is 13.7. The number of aromatic nitrogens is 1. The summed E-state index contributed by atoms with van der Waals surface area (Å²) in [5.74, 6) is 4.37. The number of nitrogens with one attached hydrogen (secondary N) is 1. The second kappa shape index (κ2) is 7.41. The van der Waals surface area contributed by atoms with Gasteiger partial charge in [-0.05, 0) is 31.5 Å². The van der Waals surface area contributed by atoms with Crippen molar-refractivity contribution in [3.63, 3.8) is 0 Å². The van der Waals surface area contributed by atoms with Gasteiger partial charge in [0.2, 0.25) is 0 Å². The van der Waals surface area contributed by atoms with Gasteiger partial charge >= 0.3 is 0 Å². The zero-order valence-corrected chi connectivity index (χ0v) is 13.3. The van der Waals surface area contributed by atoms with Crippen LogP contribution < -0.4 is 11.1 Å². The summed E-state index contributed by atoms with van der Waals surface area (Å²) in [7, 11) is 0. The average molecular weight is 297 g/mol. The van der Waals surface area contributed by atoms with Crippen LogP contribution >= 0.6 is 23.5 Å². The van der Waals surface area contributed by atoms with Gasteiger partial charge in [0.05, 0.1) is 0 Å². The highest BCUT2D eigenvalue weighted by Gasteiger charge is 2.27. The summed E-state index contributed by atoms with van der Waals surface area (Å²) >= 11 is 4.11. The molecule has 0 aliphatic carbocycles. The van der Waals surface area contributed by atoms with Gasteiger partial charge in [0.25, 0.3) is 0 Å². The average Bonchev–Trinajstić information content (AvgIpc) is 2.44. The van der Waals surface area contributed by atoms with E-state index >= 15 is 0 Å². The molecule has 3 N–H and O–H groups in total. The number of hydrogen-bond donors (Lipinski definition) is 2. The molecule has 5 heteroatoms. The third-order valence-electron chi connectivity index (χ3n) is 3.25. The maximum atomic E-state index is 6.10. The van der Waals surface area contributed by atoms with Crippen LogP contribution in [0, 0.1) is 6.92 Å². The lowest BCUT2D eigenvalue weighted by molar-refractivity contribution is 0.530. The van der Waals surface area contributed by atoms with E-state index in [1.54, 1.807) is 0 Å². The van der Waals surface area contributed by atoms with E-state index in [0.29, 0.717) is 17.1 Å². The van der Waals surface area contributed by atoms with E-state index in [1.165, 1.54) is 28.4 Å². The molecule has 1 aromatic rings. The third kappa shape index (κ3) is 4.04. The lowest BCUT2D eigenvalue weighted by atomic mass is 10.0. The van der Waals surface area contributed by atoms with Gasteiger partial charge in [0.1, 0.15) is 5.82 Å². The van der Waals surface area contributed by atoms with Crippen LogP contribution in [0.5, 0.6) is 0 Å². The predicted octanol–water partition coefficient (Wildman–Crippen LogP) is 2.86. The largest absolute Gasteiger partial charge is 0.383 e. The van der Waals surface area contributed by atoms with E-state index in [2.05, 4.69) is 42.0 Å². The van der Waals surface area contributed by atoms with Crippen LogP contribution in [0.3, 0.4) is 0 Å². The number of nitrogens with two attached hydrogens (primary N) is 1. The standard InChI is InChI=1S/C14H23N3S2/c1-3-4-16-13(12-9-18-5-6-19-12)11-7-10(2)8-17-14(11)15/h7-8,12-13,16H,3-6,9H2,1-2H3,(H2,15,17). The number of nitrogens with zero attached hydrogens (tertiary/aromatic N) is 1. The Morgan fingerprint density at radius 1 is 1.53 bits per heavy atom. The van der Waals surface area contributed by atoms with E-state index in [-0.39, 0.29) is 0 Å². The van der Waals surface area contributed by atoms with Gasteiger partial charge in [-0.15, -0.1) is 0 Å². The van der Waals surface area contributed by atoms with Crippen LogP contribution in [0.4, 0.5) is 5.82 Å². The SMILES string of the molecule is CCCNC(c1cc(C)cnc1N)C1CSCCS1. The molecule has 106 valence electrons. The second-order valence-corrected chi connectivity index (χ2v) is 7.40. The van der Waals surface area contributed by atoms with E-state index < -0.39 is 0 Å². The molecule has 2 unspecified atom stereocenters. The first-order chi connectivity index (χ1) is 9.22. The highest BCUT2D eigenvalue weighted by Crippen LogP contribution is 2.35. The molecule has 1 aromatic heterocycles. The van der Waals surface area contributed by atoms with Crippen molar-refractivity contribution in [1.82, 2.24) is 10.3 Å². The number of rotatable bonds is 5. The lowest BCUT2D eigenvalue weighted by Gasteiger charge is -2.31. The molecule has 19 heavy (non-hydrogen) atoms. The maximum absolute atomic E-state index is 6.10. The fourth-order valence-corrected chi connectivity index (χ4v) is 5.15. The predicted molar refractivity (Wildman–Crippen MR) is 88.0 cm³/mol. The van der Waals surface area contributed by atoms with Gasteiger partial charge in [0.15, 0.2) is 0 Å². The molecule has 0 spiro atoms. The van der Waals surface area contributed by atoms with Crippen molar-refractivity contribution in [2.45, 2.75) is 31.6 Å². The van der Waals surface area contributed by atoms with Gasteiger partial charge in [-0.1, -0.05) is 6.92 Å². The van der Waals surface area contributed by atoms with Gasteiger partial charge < -0.3 is 11.1 Å². The molecule has 0 bridgehead atoms. The van der Waals surface area contributed by atoms with E-state index in [9.17, 15) is 0 Å². The minimum absolute atomic E-state index is 0.324. The molecule has 0 aromatic carbocycles. The Morgan fingerprint density at radius 2 is 2.37 bits per heavy atom. The number of nitrogen functional groups attached to an aromatic ring is 1. The first kappa shape index (κ1) is 15.0. The van der Waals surface area contributed by atoms with E-state index in [1.807, 2.05) is 18.0 Å². The topological polar surface area (TPSA) is 50.9 Å². The molecule has 2 rings (SSSR count). The molecule has 2 atom stereocenters. The smallest absolute Gasteiger partial charge is 0.128 e. The van der Waals surface area contributed by atoms with Crippen LogP contribution in [0.15, 0.2) is 12.3 Å². The fourth-order valence-electron chi connectivity index (χ4n) is 2.29. The van der Waals surface area contributed by atoms with Crippen LogP contribution in [0.2, 0.25) is 0 Å². The summed E-state index contributed by atoms with van der Waals surface area (Å²) in [6, 6.07) is 2.51. The monoisotopic (exact) mass is 297 g/mol. The molecular weight excluding hydrogens is 274 g/mol. The Morgan fingerprint density at radius 3 is 3.05 bits per heavy atom. The molecule has 0 saturated carbocycles. The molecule has 1 saturated heterocycles. The molecule has 1 fully saturated rings. The van der Waals surface area contributed by atoms with Crippen molar-refractivity contribution in [3.05, 3.63) is 23.4 Å². The quantitative estimate of drug-likeness (QED) is 0.875. The zero-order valence-electron chi connectivity index (χ0n) is 11.7. The van der Waals surface area contributed by atoms with Crippen LogP contribution in [0.1, 0.15) is 30.5 Å². The molecule has 1 aliphatic heterocycles. The number of hydrogen-bond acceptors (Lipinski definition) is 5. The summed E-state index contributed by atoms with van der Waals surface area (Å²) in [5, 5.41) is 4.26. The van der Waals surface area contributed by atoms with Crippen molar-refractivity contribution in [3.8, 4) is 0 Å². The van der Waals surface area contributed by atoms with Gasteiger partial charge in [-0.2, -0.15) is 23.5 Å². The Balaban J connectivity index is 2.22. The van der Waals surface area contributed by atoms with Gasteiger partial charge in [0, 0.05) is 40.3 Å². The summed E-state index contributed by atoms with van der Waals surface area (Å²) in [6.07, 6.45) is 2.98. The van der Waals surface area contributed by atoms with Crippen molar-refractivity contribution >= 4 is 29.3 Å². The molecule has 0 radical (unpaired) electrons. The van der Waals surface area contributed by atoms with Crippen LogP contribution in [-0.4, -0.2) is 34.0 Å². The highest BCUT2D eigenvalue weighted by molar-refractivity contribution is 8.06. The molecule has 0 amide bonds. The summed E-state index contributed by atoms with van der Waals surface area (Å²) < 4.78 is 0. The molecule has 3 nitrogen and oxygen atoms in total. The van der Waals surface area contributed by atoms with Crippen LogP contribution in [-0.2, 0) is 0 Å². The normalized spacial score (nSPS) is 21.3. The van der Waals surface area contributed by atoms with Crippen molar-refractivity contribution < 1.29 is 0 Å². The fraction of sp³-hybridized carbons (Fsp3) is 0.643. The third-order valence-corrected chi connectivity index (χ3v) is 6.11. The van der Waals surface area contributed by atoms with Gasteiger partial charge in [-0.3, -0.25) is 0 Å². The van der Waals surface area contributed by atoms with Crippen LogP contribution in [0.25, 0.3) is 0 Å². The minimum Gasteiger partial charge on any atom is -0.383 e. The van der Waals surface area contributed by atoms with Crippen molar-refractivity contribution in [2.24, 2.45) is 0 Å². The lowest BCUT2D eigenvalue weighted by Crippen LogP contribution is -2.35. The van der Waals surface area contributed by atoms with Gasteiger partial charge in [-0.25, -0.2) is 4.98 Å². The Bertz CT molecular complexity index is 406. The molecule has 1 aliphatic rings. The highest BCUT2D eigenvalue weighted by atomic mass is 32.2. The summed E-state index contributed by atoms with van der Waals surface area (Å²) in [5.41, 5.74) is 8.46. The first-order valence-corrected chi connectivity index (χ1v) is 9.07. The molecule has 2 heterocycles. The first-order valence-electron chi connectivity index (χ1n) is 6.87. The minimum atomic E-state index is 0.324. The number of pyridine rings is 1. The van der Waals surface area contributed by atoms with E-state index in [0.717, 1.165) is 13.0 Å². The Hall–Kier alpha value is -0.390. The summed E-state index contributed by atoms with van der Waals surface area (Å²) in [6.45, 7) is 5.31. The maximum Gasteiger partial charge on any atom is 0.128 e. The molecular formula is C14H23N3S2. The summed E-state index contributed by atoms with van der Waals surface area (Å²) in [4.78, 5) is 4.32.